The molecule has 36 heavy (non-hydrogen) atoms. The molecular weight excluding hydrogens is 496 g/mol. The third kappa shape index (κ3) is 9.31. The molecule has 0 bridgehead atoms. The standard InChI is InChI=1S/C26H34N4O4S2/c1-25(2,3)19-14-27-21(33-19)16-35-22-15-28-23(36-22)30-20(31)9-7-8-17-10-12-18(13-11-17)29-24(32)34-26(4,5)6/h10-15H,7-9,16H2,1-6H3,(H,29,32)(H,28,30,31). The SMILES string of the molecule is CC(C)(C)OC(=O)Nc1ccc(CCCC(=O)Nc2ncc(SCc3ncc(C(C)(C)C)o3)s2)cc1. The zero-order chi connectivity index (χ0) is 26.3. The first-order chi connectivity index (χ1) is 16.9. The quantitative estimate of drug-likeness (QED) is 0.286. The van der Waals surface area contributed by atoms with E-state index in [2.05, 4.69) is 41.4 Å². The van der Waals surface area contributed by atoms with E-state index in [1.807, 2.05) is 45.0 Å². The average Bonchev–Trinajstić information content (AvgIpc) is 3.41. The van der Waals surface area contributed by atoms with Gasteiger partial charge in [0.1, 0.15) is 11.4 Å². The molecule has 194 valence electrons. The summed E-state index contributed by atoms with van der Waals surface area (Å²) in [6.45, 7) is 11.7. The van der Waals surface area contributed by atoms with Crippen molar-refractivity contribution in [2.24, 2.45) is 0 Å². The lowest BCUT2D eigenvalue weighted by atomic mass is 9.94. The summed E-state index contributed by atoms with van der Waals surface area (Å²) in [5, 5.41) is 6.17. The molecular formula is C26H34N4O4S2. The van der Waals surface area contributed by atoms with Gasteiger partial charge >= 0.3 is 6.09 Å². The van der Waals surface area contributed by atoms with Crippen molar-refractivity contribution in [2.45, 2.75) is 81.8 Å². The van der Waals surface area contributed by atoms with Crippen molar-refractivity contribution in [3.8, 4) is 0 Å². The van der Waals surface area contributed by atoms with E-state index in [4.69, 9.17) is 9.15 Å². The molecule has 0 unspecified atom stereocenters. The summed E-state index contributed by atoms with van der Waals surface area (Å²) in [5.41, 5.74) is 1.14. The maximum atomic E-state index is 12.3. The van der Waals surface area contributed by atoms with Crippen molar-refractivity contribution in [2.75, 3.05) is 10.6 Å². The minimum Gasteiger partial charge on any atom is -0.444 e. The number of aromatic nitrogens is 2. The van der Waals surface area contributed by atoms with E-state index in [-0.39, 0.29) is 11.3 Å². The summed E-state index contributed by atoms with van der Waals surface area (Å²) >= 11 is 3.02. The summed E-state index contributed by atoms with van der Waals surface area (Å²) in [4.78, 5) is 32.8. The molecule has 2 N–H and O–H groups in total. The van der Waals surface area contributed by atoms with Gasteiger partial charge in [-0.1, -0.05) is 44.2 Å². The second kappa shape index (κ2) is 11.9. The molecule has 8 nitrogen and oxygen atoms in total. The van der Waals surface area contributed by atoms with Crippen LogP contribution in [0.25, 0.3) is 0 Å². The highest BCUT2D eigenvalue weighted by atomic mass is 32.2. The zero-order valence-corrected chi connectivity index (χ0v) is 23.3. The second-order valence-electron chi connectivity index (χ2n) is 10.4. The first kappa shape index (κ1) is 27.7. The molecule has 2 heterocycles. The molecule has 0 saturated carbocycles. The lowest BCUT2D eigenvalue weighted by molar-refractivity contribution is -0.116. The number of thioether (sulfide) groups is 1. The first-order valence-corrected chi connectivity index (χ1v) is 13.6. The van der Waals surface area contributed by atoms with Gasteiger partial charge in [0.2, 0.25) is 11.8 Å². The molecule has 3 rings (SSSR count). The number of rotatable bonds is 9. The highest BCUT2D eigenvalue weighted by molar-refractivity contribution is 8.00. The largest absolute Gasteiger partial charge is 0.444 e. The number of oxazole rings is 1. The number of ether oxygens (including phenoxy) is 1. The number of anilines is 2. The minimum atomic E-state index is -0.544. The van der Waals surface area contributed by atoms with E-state index in [0.29, 0.717) is 35.3 Å². The molecule has 0 aliphatic carbocycles. The maximum Gasteiger partial charge on any atom is 0.412 e. The number of carbonyl (C=O) groups is 2. The van der Waals surface area contributed by atoms with Gasteiger partial charge in [0.05, 0.1) is 22.4 Å². The van der Waals surface area contributed by atoms with Gasteiger partial charge in [-0.05, 0) is 51.3 Å². The smallest absolute Gasteiger partial charge is 0.412 e. The van der Waals surface area contributed by atoms with Gasteiger partial charge in [-0.15, -0.1) is 11.8 Å². The van der Waals surface area contributed by atoms with Crippen LogP contribution in [0.5, 0.6) is 0 Å². The van der Waals surface area contributed by atoms with Crippen molar-refractivity contribution >= 4 is 45.9 Å². The van der Waals surface area contributed by atoms with Crippen LogP contribution in [0.2, 0.25) is 0 Å². The highest BCUT2D eigenvalue weighted by Crippen LogP contribution is 2.32. The summed E-state index contributed by atoms with van der Waals surface area (Å²) in [6, 6.07) is 7.53. The fourth-order valence-electron chi connectivity index (χ4n) is 3.05. The number of nitrogens with zero attached hydrogens (tertiary/aromatic N) is 2. The van der Waals surface area contributed by atoms with Crippen LogP contribution < -0.4 is 10.6 Å². The molecule has 0 aliphatic rings. The molecule has 3 aromatic rings. The van der Waals surface area contributed by atoms with Crippen LogP contribution in [0.4, 0.5) is 15.6 Å². The lowest BCUT2D eigenvalue weighted by Gasteiger charge is -2.19. The Labute approximate surface area is 220 Å². The Morgan fingerprint density at radius 3 is 2.39 bits per heavy atom. The van der Waals surface area contributed by atoms with Crippen LogP contribution in [0.15, 0.2) is 45.3 Å². The highest BCUT2D eigenvalue weighted by Gasteiger charge is 2.19. The molecule has 0 aliphatic heterocycles. The Morgan fingerprint density at radius 2 is 1.75 bits per heavy atom. The number of nitrogens with one attached hydrogen (secondary N) is 2. The van der Waals surface area contributed by atoms with Gasteiger partial charge in [0.15, 0.2) is 5.13 Å². The monoisotopic (exact) mass is 530 g/mol. The van der Waals surface area contributed by atoms with Crippen LogP contribution in [-0.4, -0.2) is 27.6 Å². The summed E-state index contributed by atoms with van der Waals surface area (Å²) in [5.74, 6) is 2.09. The van der Waals surface area contributed by atoms with Crippen LogP contribution in [0, 0.1) is 0 Å². The molecule has 2 amide bonds. The molecule has 0 spiro atoms. The van der Waals surface area contributed by atoms with Crippen molar-refractivity contribution in [1.82, 2.24) is 9.97 Å². The Hall–Kier alpha value is -2.85. The van der Waals surface area contributed by atoms with E-state index in [0.717, 1.165) is 22.0 Å². The zero-order valence-electron chi connectivity index (χ0n) is 21.6. The third-order valence-corrected chi connectivity index (χ3v) is 6.92. The number of benzene rings is 1. The average molecular weight is 531 g/mol. The predicted octanol–water partition coefficient (Wildman–Crippen LogP) is 7.03. The molecule has 0 radical (unpaired) electrons. The number of thiazole rings is 1. The van der Waals surface area contributed by atoms with E-state index in [9.17, 15) is 9.59 Å². The summed E-state index contributed by atoms with van der Waals surface area (Å²) in [6.07, 6.45) is 4.91. The van der Waals surface area contributed by atoms with E-state index in [1.165, 1.54) is 11.3 Å². The number of hydrogen-bond acceptors (Lipinski definition) is 8. The minimum absolute atomic E-state index is 0.0633. The van der Waals surface area contributed by atoms with Gasteiger partial charge < -0.3 is 14.5 Å². The third-order valence-electron chi connectivity index (χ3n) is 4.83. The second-order valence-corrected chi connectivity index (χ2v) is 12.7. The van der Waals surface area contributed by atoms with Crippen LogP contribution in [-0.2, 0) is 27.1 Å². The van der Waals surface area contributed by atoms with Gasteiger partial charge in [-0.2, -0.15) is 0 Å². The van der Waals surface area contributed by atoms with Gasteiger partial charge in [0, 0.05) is 17.5 Å². The van der Waals surface area contributed by atoms with Crippen LogP contribution >= 0.6 is 23.1 Å². The number of amides is 2. The Morgan fingerprint density at radius 1 is 1.03 bits per heavy atom. The Balaban J connectivity index is 1.37. The van der Waals surface area contributed by atoms with E-state index in [1.54, 1.807) is 24.2 Å². The normalized spacial score (nSPS) is 11.8. The fraction of sp³-hybridized carbons (Fsp3) is 0.462. The maximum absolute atomic E-state index is 12.3. The topological polar surface area (TPSA) is 106 Å². The van der Waals surface area contributed by atoms with Gasteiger partial charge in [0.25, 0.3) is 0 Å². The predicted molar refractivity (Wildman–Crippen MR) is 145 cm³/mol. The number of aryl methyl sites for hydroxylation is 1. The molecule has 1 aromatic carbocycles. The summed E-state index contributed by atoms with van der Waals surface area (Å²) in [7, 11) is 0. The summed E-state index contributed by atoms with van der Waals surface area (Å²) < 4.78 is 12.1. The van der Waals surface area contributed by atoms with Crippen molar-refractivity contribution in [3.63, 3.8) is 0 Å². The van der Waals surface area contributed by atoms with Crippen molar-refractivity contribution < 1.29 is 18.7 Å². The van der Waals surface area contributed by atoms with E-state index >= 15 is 0 Å². The fourth-order valence-corrected chi connectivity index (χ4v) is 4.79. The van der Waals surface area contributed by atoms with Crippen LogP contribution in [0.1, 0.15) is 71.6 Å². The number of hydrogen-bond donors (Lipinski definition) is 2. The lowest BCUT2D eigenvalue weighted by Crippen LogP contribution is -2.27. The Bertz CT molecular complexity index is 1160. The van der Waals surface area contributed by atoms with Crippen molar-refractivity contribution in [3.05, 3.63) is 53.9 Å². The number of carbonyl (C=O) groups excluding carboxylic acids is 2. The molecule has 10 heteroatoms. The molecule has 0 atom stereocenters. The van der Waals surface area contributed by atoms with Gasteiger partial charge in [-0.25, -0.2) is 14.8 Å². The van der Waals surface area contributed by atoms with Crippen LogP contribution in [0.3, 0.4) is 0 Å². The van der Waals surface area contributed by atoms with Gasteiger partial charge in [-0.3, -0.25) is 10.1 Å². The van der Waals surface area contributed by atoms with Crippen molar-refractivity contribution in [1.29, 1.82) is 0 Å². The van der Waals surface area contributed by atoms with E-state index < -0.39 is 11.7 Å². The molecule has 0 fully saturated rings. The molecule has 0 saturated heterocycles. The first-order valence-electron chi connectivity index (χ1n) is 11.8. The Kier molecular flexibility index (Phi) is 9.19. The molecule has 2 aromatic heterocycles.